The molecule has 3 aromatic carbocycles. The number of aliphatic hydroxyl groups excluding tert-OH is 1. The Morgan fingerprint density at radius 1 is 0.632 bits per heavy atom. The first-order chi connectivity index (χ1) is 32.4. The summed E-state index contributed by atoms with van der Waals surface area (Å²) in [5, 5.41) is 13.0. The average Bonchev–Trinajstić information content (AvgIpc) is 4.04. The van der Waals surface area contributed by atoms with Gasteiger partial charge in [-0.1, -0.05) is 32.4 Å². The number of carbonyl (C=O) groups is 6. The number of ketones is 2. The molecule has 0 radical (unpaired) electrons. The second kappa shape index (κ2) is 20.2. The number of benzene rings is 3. The molecule has 4 aromatic rings. The molecule has 0 spiro atoms. The zero-order valence-corrected chi connectivity index (χ0v) is 39.0. The second-order valence-electron chi connectivity index (χ2n) is 15.6. The smallest absolute Gasteiger partial charge is 0.338 e. The van der Waals surface area contributed by atoms with E-state index in [1.165, 1.54) is 0 Å². The Hall–Kier alpha value is -8.14. The number of thioether (sulfide) groups is 1. The number of rotatable bonds is 14. The minimum absolute atomic E-state index is 0.158. The van der Waals surface area contributed by atoms with E-state index in [0.717, 1.165) is 23.1 Å². The first kappa shape index (κ1) is 47.8. The molecule has 15 heteroatoms. The molecule has 0 bridgehead atoms. The highest BCUT2D eigenvalue weighted by Crippen LogP contribution is 2.45. The topological polar surface area (TPSA) is 166 Å². The molecule has 1 unspecified atom stereocenters. The van der Waals surface area contributed by atoms with E-state index in [2.05, 4.69) is 26.3 Å². The maximum Gasteiger partial charge on any atom is 0.338 e. The third kappa shape index (κ3) is 10.4. The maximum atomic E-state index is 13.9. The van der Waals surface area contributed by atoms with Crippen LogP contribution in [0.15, 0.2) is 186 Å². The van der Waals surface area contributed by atoms with Crippen molar-refractivity contribution in [2.75, 3.05) is 4.90 Å². The van der Waals surface area contributed by atoms with Crippen LogP contribution in [0, 0.1) is 0 Å². The maximum absolute atomic E-state index is 13.9. The molecular formula is C53H43N2O11S2+. The molecule has 13 nitrogen and oxygen atoms in total. The Morgan fingerprint density at radius 2 is 1.12 bits per heavy atom. The van der Waals surface area contributed by atoms with E-state index in [-0.39, 0.29) is 44.9 Å². The number of Topliss-reactive ketones (excluding diaryl/α,β-unsaturated/α-hetero) is 2. The van der Waals surface area contributed by atoms with E-state index in [0.29, 0.717) is 54.8 Å². The lowest BCUT2D eigenvalue weighted by molar-refractivity contribution is -0.142. The monoisotopic (exact) mass is 947 g/mol. The van der Waals surface area contributed by atoms with Gasteiger partial charge in [0.05, 0.1) is 11.1 Å². The van der Waals surface area contributed by atoms with Crippen molar-refractivity contribution in [2.45, 2.75) is 40.2 Å². The SMILES string of the molecule is C=C(C)C(=O)Oc1ccc(N(C2=CCC(OC(=O)C(=C)C)C=C2)c2ccc(C3=C(O)/C(=C4\C=CC(=[N+](c5ccc(OC(=O)C(=C)C)cc5)c5ccc(OC(=O)C(=C)C)cc5)S4)C(=O)C3=O)s2)cc1. The summed E-state index contributed by atoms with van der Waals surface area (Å²) >= 11 is 2.31. The van der Waals surface area contributed by atoms with Crippen LogP contribution in [0.3, 0.4) is 0 Å². The first-order valence-corrected chi connectivity index (χ1v) is 22.4. The van der Waals surface area contributed by atoms with Gasteiger partial charge in [0, 0.05) is 80.2 Å². The molecule has 7 rings (SSSR count). The molecule has 1 atom stereocenters. The second-order valence-corrected chi connectivity index (χ2v) is 17.8. The van der Waals surface area contributed by atoms with Crippen molar-refractivity contribution < 1.29 is 52.8 Å². The number of carbonyl (C=O) groups excluding carboxylic acids is 6. The van der Waals surface area contributed by atoms with Gasteiger partial charge in [0.25, 0.3) is 5.04 Å². The van der Waals surface area contributed by atoms with Crippen molar-refractivity contribution in [3.8, 4) is 17.2 Å². The molecule has 2 aliphatic carbocycles. The third-order valence-corrected chi connectivity index (χ3v) is 12.3. The van der Waals surface area contributed by atoms with E-state index in [4.69, 9.17) is 18.9 Å². The summed E-state index contributed by atoms with van der Waals surface area (Å²) in [5.41, 5.74) is 3.21. The zero-order chi connectivity index (χ0) is 49.0. The normalized spacial score (nSPS) is 16.3. The van der Waals surface area contributed by atoms with Crippen LogP contribution in [0.1, 0.15) is 39.0 Å². The molecule has 0 saturated heterocycles. The molecule has 0 fully saturated rings. The number of nitrogens with zero attached hydrogens (tertiary/aromatic N) is 2. The van der Waals surface area contributed by atoms with Crippen LogP contribution in [-0.2, 0) is 33.5 Å². The summed E-state index contributed by atoms with van der Waals surface area (Å²) in [5.74, 6) is -3.64. The van der Waals surface area contributed by atoms with Crippen molar-refractivity contribution in [3.05, 3.63) is 191 Å². The van der Waals surface area contributed by atoms with Gasteiger partial charge in [-0.15, -0.1) is 15.9 Å². The molecule has 2 heterocycles. The standard InChI is InChI=1S/C53H42N2O11S2/c1-29(2)50(59)63-37-17-9-33(10-18-37)54(34-11-19-38(20-12-34)64-51(60)30(3)4)43-27-25-41(67-43)45-47(56)46(49(58)48(45)57)42-26-28-44(68-42)55(35-13-21-39(22-14-35)65-52(61)31(5)6)36-15-23-40(24-16-36)66-53(62)32(7)8/h9-23,25-28,40H,1,3,5,7,24H2,2,4,6,8H3/p+1. The van der Waals surface area contributed by atoms with Gasteiger partial charge in [-0.2, -0.15) is 0 Å². The number of anilines is 2. The van der Waals surface area contributed by atoms with Crippen LogP contribution in [0.4, 0.5) is 22.1 Å². The fraction of sp³-hybridized carbons (Fsp3) is 0.113. The molecule has 1 aromatic heterocycles. The van der Waals surface area contributed by atoms with Crippen LogP contribution in [0.25, 0.3) is 5.57 Å². The van der Waals surface area contributed by atoms with Crippen LogP contribution in [0.5, 0.6) is 17.2 Å². The van der Waals surface area contributed by atoms with Crippen LogP contribution in [-0.4, -0.2) is 51.7 Å². The minimum atomic E-state index is -0.884. The summed E-state index contributed by atoms with van der Waals surface area (Å²) in [6.07, 6.45) is 8.61. The van der Waals surface area contributed by atoms with Crippen LogP contribution < -0.4 is 23.7 Å². The Balaban J connectivity index is 1.24. The minimum Gasteiger partial charge on any atom is -0.506 e. The number of aliphatic hydroxyl groups is 1. The first-order valence-electron chi connectivity index (χ1n) is 20.8. The lowest BCUT2D eigenvalue weighted by Gasteiger charge is -2.27. The predicted octanol–water partition coefficient (Wildman–Crippen LogP) is 10.6. The van der Waals surface area contributed by atoms with Crippen LogP contribution in [0.2, 0.25) is 0 Å². The van der Waals surface area contributed by atoms with Crippen molar-refractivity contribution in [1.82, 2.24) is 4.58 Å². The van der Waals surface area contributed by atoms with E-state index >= 15 is 0 Å². The molecule has 0 amide bonds. The van der Waals surface area contributed by atoms with Gasteiger partial charge in [0.2, 0.25) is 22.9 Å². The number of ether oxygens (including phenoxy) is 4. The highest BCUT2D eigenvalue weighted by Gasteiger charge is 2.41. The Kier molecular flexibility index (Phi) is 14.2. The average molecular weight is 948 g/mol. The van der Waals surface area contributed by atoms with E-state index < -0.39 is 47.3 Å². The highest BCUT2D eigenvalue weighted by atomic mass is 32.2. The Morgan fingerprint density at radius 3 is 1.59 bits per heavy atom. The number of hydrogen-bond donors (Lipinski definition) is 1. The summed E-state index contributed by atoms with van der Waals surface area (Å²) in [6, 6.07) is 23.5. The van der Waals surface area contributed by atoms with Crippen LogP contribution >= 0.6 is 23.1 Å². The number of thiophene rings is 1. The van der Waals surface area contributed by atoms with E-state index in [9.17, 15) is 33.9 Å². The van der Waals surface area contributed by atoms with Gasteiger partial charge >= 0.3 is 23.9 Å². The largest absolute Gasteiger partial charge is 0.506 e. The lowest BCUT2D eigenvalue weighted by atomic mass is 10.1. The van der Waals surface area contributed by atoms with Gasteiger partial charge in [0.1, 0.15) is 34.1 Å². The molecular weight excluding hydrogens is 905 g/mol. The third-order valence-electron chi connectivity index (χ3n) is 10.1. The van der Waals surface area contributed by atoms with Crippen molar-refractivity contribution >= 4 is 91.2 Å². The quantitative estimate of drug-likeness (QED) is 0.0418. The highest BCUT2D eigenvalue weighted by molar-refractivity contribution is 8.18. The molecule has 1 aliphatic heterocycles. The summed E-state index contributed by atoms with van der Waals surface area (Å²) in [4.78, 5) is 79.2. The Labute approximate surface area is 400 Å². The molecule has 68 heavy (non-hydrogen) atoms. The van der Waals surface area contributed by atoms with Gasteiger partial charge in [0.15, 0.2) is 0 Å². The van der Waals surface area contributed by atoms with E-state index in [1.54, 1.807) is 137 Å². The van der Waals surface area contributed by atoms with Gasteiger partial charge in [-0.3, -0.25) is 9.59 Å². The van der Waals surface area contributed by atoms with E-state index in [1.807, 2.05) is 15.6 Å². The fourth-order valence-electron chi connectivity index (χ4n) is 6.65. The number of hydrogen-bond acceptors (Lipinski definition) is 14. The number of esters is 4. The fourth-order valence-corrected chi connectivity index (χ4v) is 8.83. The van der Waals surface area contributed by atoms with Crippen molar-refractivity contribution in [3.63, 3.8) is 0 Å². The Bertz CT molecular complexity index is 2990. The summed E-state index contributed by atoms with van der Waals surface area (Å²) in [6.45, 7) is 20.7. The van der Waals surface area contributed by atoms with Gasteiger partial charge < -0.3 is 29.0 Å². The summed E-state index contributed by atoms with van der Waals surface area (Å²) < 4.78 is 23.6. The zero-order valence-electron chi connectivity index (χ0n) is 37.3. The number of allylic oxidation sites excluding steroid dienone is 4. The van der Waals surface area contributed by atoms with Gasteiger partial charge in [-0.05, 0) is 118 Å². The molecule has 0 saturated carbocycles. The molecule has 342 valence electrons. The van der Waals surface area contributed by atoms with Crippen molar-refractivity contribution in [2.24, 2.45) is 0 Å². The molecule has 1 N–H and O–H groups in total. The predicted molar refractivity (Wildman–Crippen MR) is 263 cm³/mol. The summed E-state index contributed by atoms with van der Waals surface area (Å²) in [7, 11) is 0. The lowest BCUT2D eigenvalue weighted by Crippen LogP contribution is -2.21. The molecule has 3 aliphatic rings. The van der Waals surface area contributed by atoms with Crippen molar-refractivity contribution in [1.29, 1.82) is 0 Å². The van der Waals surface area contributed by atoms with Gasteiger partial charge in [-0.25, -0.2) is 19.2 Å².